The van der Waals surface area contributed by atoms with E-state index in [1.54, 1.807) is 0 Å². The average Bonchev–Trinajstić information content (AvgIpc) is 2.56. The highest BCUT2D eigenvalue weighted by Crippen LogP contribution is 2.36. The number of nitrogens with zero attached hydrogens (tertiary/aromatic N) is 1. The molecule has 3 rings (SSSR count). The molecule has 0 spiro atoms. The molecule has 0 aliphatic carbocycles. The van der Waals surface area contributed by atoms with Crippen LogP contribution in [0.1, 0.15) is 44.7 Å². The van der Waals surface area contributed by atoms with Crippen LogP contribution in [0.4, 0.5) is 0 Å². The van der Waals surface area contributed by atoms with Crippen molar-refractivity contribution in [2.45, 2.75) is 44.8 Å². The van der Waals surface area contributed by atoms with E-state index in [9.17, 15) is 5.26 Å². The lowest BCUT2D eigenvalue weighted by Crippen LogP contribution is -2.41. The van der Waals surface area contributed by atoms with E-state index < -0.39 is 7.12 Å². The van der Waals surface area contributed by atoms with Crippen LogP contribution in [-0.4, -0.2) is 31.5 Å². The van der Waals surface area contributed by atoms with Crippen molar-refractivity contribution in [1.82, 2.24) is 0 Å². The molecule has 2 saturated heterocycles. The van der Waals surface area contributed by atoms with E-state index in [1.165, 1.54) is 0 Å². The summed E-state index contributed by atoms with van der Waals surface area (Å²) in [4.78, 5) is 0. The van der Waals surface area contributed by atoms with Crippen molar-refractivity contribution in [1.29, 1.82) is 5.26 Å². The summed E-state index contributed by atoms with van der Waals surface area (Å²) in [6.07, 6.45) is 0. The van der Waals surface area contributed by atoms with Crippen molar-refractivity contribution in [3.8, 4) is 6.07 Å². The topological polar surface area (TPSA) is 51.5 Å². The van der Waals surface area contributed by atoms with Crippen LogP contribution < -0.4 is 5.46 Å². The molecule has 0 N–H and O–H groups in total. The number of hydrogen-bond donors (Lipinski definition) is 0. The summed E-state index contributed by atoms with van der Waals surface area (Å²) < 4.78 is 17.4. The second kappa shape index (κ2) is 4.84. The van der Waals surface area contributed by atoms with Crippen LogP contribution in [0.25, 0.3) is 0 Å². The Kier molecular flexibility index (Phi) is 3.36. The van der Waals surface area contributed by atoms with Gasteiger partial charge in [0.05, 0.1) is 36.0 Å². The van der Waals surface area contributed by atoms with Crippen LogP contribution in [-0.2, 0) is 14.0 Å². The number of benzene rings is 1. The van der Waals surface area contributed by atoms with Crippen LogP contribution in [0, 0.1) is 11.3 Å². The largest absolute Gasteiger partial charge is 0.494 e. The number of hydrogen-bond acceptors (Lipinski definition) is 4. The first-order chi connectivity index (χ1) is 9.82. The van der Waals surface area contributed by atoms with E-state index in [0.717, 1.165) is 24.2 Å². The molecule has 1 aromatic rings. The third kappa shape index (κ3) is 2.48. The van der Waals surface area contributed by atoms with E-state index in [1.807, 2.05) is 39.8 Å². The van der Waals surface area contributed by atoms with Gasteiger partial charge in [-0.1, -0.05) is 6.07 Å². The maximum absolute atomic E-state index is 9.24. The first kappa shape index (κ1) is 14.6. The monoisotopic (exact) mass is 285 g/mol. The summed E-state index contributed by atoms with van der Waals surface area (Å²) in [6, 6.07) is 8.09. The summed E-state index contributed by atoms with van der Waals surface area (Å²) in [6.45, 7) is 9.56. The van der Waals surface area contributed by atoms with E-state index in [-0.39, 0.29) is 11.2 Å². The van der Waals surface area contributed by atoms with Gasteiger partial charge >= 0.3 is 7.12 Å². The maximum Gasteiger partial charge on any atom is 0.494 e. The zero-order valence-corrected chi connectivity index (χ0v) is 13.0. The predicted octanol–water partition coefficient (Wildman–Crippen LogP) is 1.97. The molecule has 0 bridgehead atoms. The van der Waals surface area contributed by atoms with Crippen LogP contribution in [0.15, 0.2) is 18.2 Å². The Hall–Kier alpha value is -1.35. The highest BCUT2D eigenvalue weighted by Gasteiger charge is 2.51. The lowest BCUT2D eigenvalue weighted by molar-refractivity contribution is 0.00578. The molecule has 110 valence electrons. The Labute approximate surface area is 126 Å². The smallest absolute Gasteiger partial charge is 0.399 e. The minimum Gasteiger partial charge on any atom is -0.399 e. The maximum atomic E-state index is 9.24. The van der Waals surface area contributed by atoms with E-state index in [4.69, 9.17) is 14.0 Å². The lowest BCUT2D eigenvalue weighted by atomic mass is 9.76. The molecule has 2 fully saturated rings. The lowest BCUT2D eigenvalue weighted by Gasteiger charge is -2.32. The first-order valence-electron chi connectivity index (χ1n) is 7.31. The number of rotatable bonds is 2. The molecular weight excluding hydrogens is 265 g/mol. The number of ether oxygens (including phenoxy) is 1. The highest BCUT2D eigenvalue weighted by atomic mass is 16.7. The fourth-order valence-electron chi connectivity index (χ4n) is 2.52. The van der Waals surface area contributed by atoms with E-state index in [0.29, 0.717) is 11.5 Å². The Bertz CT molecular complexity index is 586. The fraction of sp³-hybridized carbons (Fsp3) is 0.562. The molecule has 0 amide bonds. The van der Waals surface area contributed by atoms with Crippen molar-refractivity contribution >= 4 is 12.6 Å². The summed E-state index contributed by atoms with van der Waals surface area (Å²) in [5, 5.41) is 9.24. The molecule has 5 heteroatoms. The van der Waals surface area contributed by atoms with Crippen molar-refractivity contribution in [2.75, 3.05) is 13.2 Å². The fourth-order valence-corrected chi connectivity index (χ4v) is 2.52. The summed E-state index contributed by atoms with van der Waals surface area (Å²) in [7, 11) is -0.428. The van der Waals surface area contributed by atoms with Crippen LogP contribution in [0.2, 0.25) is 0 Å². The average molecular weight is 285 g/mol. The Morgan fingerprint density at radius 2 is 1.71 bits per heavy atom. The van der Waals surface area contributed by atoms with Crippen LogP contribution in [0.3, 0.4) is 0 Å². The highest BCUT2D eigenvalue weighted by molar-refractivity contribution is 6.62. The molecule has 0 radical (unpaired) electrons. The first-order valence-corrected chi connectivity index (χ1v) is 7.31. The minimum absolute atomic E-state index is 0.375. The molecular formula is C16H20BNO3. The predicted molar refractivity (Wildman–Crippen MR) is 80.4 cm³/mol. The second-order valence-corrected chi connectivity index (χ2v) is 6.82. The van der Waals surface area contributed by atoms with E-state index >= 15 is 0 Å². The SMILES string of the molecule is CC1(C)OB(c2cc(C#N)cc(C3COC3)c2)OC1(C)C. The van der Waals surface area contributed by atoms with Gasteiger partial charge in [0.2, 0.25) is 0 Å². The third-order valence-electron chi connectivity index (χ3n) is 4.74. The molecule has 1 aromatic carbocycles. The summed E-state index contributed by atoms with van der Waals surface area (Å²) in [5.74, 6) is 0.375. The minimum atomic E-state index is -0.428. The standard InChI is InChI=1S/C16H20BNO3/c1-15(2)16(3,4)21-17(20-15)14-6-11(8-18)5-12(7-14)13-9-19-10-13/h5-7,13H,9-10H2,1-4H3. The van der Waals surface area contributed by atoms with Crippen molar-refractivity contribution in [3.63, 3.8) is 0 Å². The quantitative estimate of drug-likeness (QED) is 0.780. The van der Waals surface area contributed by atoms with Gasteiger partial charge in [0.25, 0.3) is 0 Å². The van der Waals surface area contributed by atoms with Gasteiger partial charge in [-0.25, -0.2) is 0 Å². The van der Waals surface area contributed by atoms with Crippen molar-refractivity contribution in [3.05, 3.63) is 29.3 Å². The van der Waals surface area contributed by atoms with Gasteiger partial charge in [-0.05, 0) is 50.9 Å². The third-order valence-corrected chi connectivity index (χ3v) is 4.74. The zero-order chi connectivity index (χ0) is 15.3. The van der Waals surface area contributed by atoms with Gasteiger partial charge in [0.15, 0.2) is 0 Å². The van der Waals surface area contributed by atoms with Gasteiger partial charge in [-0.15, -0.1) is 0 Å². The van der Waals surface area contributed by atoms with Gasteiger partial charge in [0.1, 0.15) is 0 Å². The molecule has 2 aliphatic rings. The van der Waals surface area contributed by atoms with Gasteiger partial charge in [0, 0.05) is 5.92 Å². The van der Waals surface area contributed by atoms with E-state index in [2.05, 4.69) is 12.1 Å². The Morgan fingerprint density at radius 3 is 2.19 bits per heavy atom. The molecule has 0 saturated carbocycles. The Morgan fingerprint density at radius 1 is 1.10 bits per heavy atom. The van der Waals surface area contributed by atoms with Crippen molar-refractivity contribution in [2.24, 2.45) is 0 Å². The zero-order valence-electron chi connectivity index (χ0n) is 13.0. The second-order valence-electron chi connectivity index (χ2n) is 6.82. The molecule has 21 heavy (non-hydrogen) atoms. The molecule has 0 atom stereocenters. The molecule has 0 aromatic heterocycles. The van der Waals surface area contributed by atoms with Crippen LogP contribution in [0.5, 0.6) is 0 Å². The molecule has 2 heterocycles. The van der Waals surface area contributed by atoms with Gasteiger partial charge in [-0.3, -0.25) is 0 Å². The Balaban J connectivity index is 1.94. The van der Waals surface area contributed by atoms with Gasteiger partial charge in [-0.2, -0.15) is 5.26 Å². The normalized spacial score (nSPS) is 23.7. The molecule has 4 nitrogen and oxygen atoms in total. The van der Waals surface area contributed by atoms with Crippen molar-refractivity contribution < 1.29 is 14.0 Å². The molecule has 0 unspecified atom stereocenters. The summed E-state index contributed by atoms with van der Waals surface area (Å²) >= 11 is 0. The van der Waals surface area contributed by atoms with Gasteiger partial charge < -0.3 is 14.0 Å². The molecule has 2 aliphatic heterocycles. The number of nitriles is 1. The summed E-state index contributed by atoms with van der Waals surface area (Å²) in [5.41, 5.74) is 1.93. The van der Waals surface area contributed by atoms with Crippen LogP contribution >= 0.6 is 0 Å².